The first-order chi connectivity index (χ1) is 13.0. The number of fused-ring (bicyclic) bond motifs is 2. The number of halogens is 1. The molecule has 3 atom stereocenters. The zero-order valence-electron chi connectivity index (χ0n) is 15.1. The molecule has 3 heterocycles. The Balaban J connectivity index is 1.78. The van der Waals surface area contributed by atoms with E-state index in [-0.39, 0.29) is 18.0 Å². The molecule has 1 aromatic carbocycles. The number of ether oxygens (including phenoxy) is 2. The maximum atomic E-state index is 9.73. The molecule has 2 aromatic rings. The van der Waals surface area contributed by atoms with Crippen molar-refractivity contribution in [2.75, 3.05) is 13.2 Å². The van der Waals surface area contributed by atoms with Gasteiger partial charge in [0.05, 0.1) is 17.7 Å². The first-order valence-corrected chi connectivity index (χ1v) is 9.40. The number of amidine groups is 1. The smallest absolute Gasteiger partial charge is 0.283 e. The molecule has 1 spiro atoms. The van der Waals surface area contributed by atoms with Gasteiger partial charge in [-0.05, 0) is 43.5 Å². The average Bonchev–Trinajstić information content (AvgIpc) is 3.03. The molecule has 2 aliphatic heterocycles. The molecule has 0 fully saturated rings. The van der Waals surface area contributed by atoms with Crippen LogP contribution in [0, 0.1) is 5.92 Å². The Kier molecular flexibility index (Phi) is 4.70. The molecular weight excluding hydrogens is 366 g/mol. The summed E-state index contributed by atoms with van der Waals surface area (Å²) in [5.74, 6) is 0.845. The van der Waals surface area contributed by atoms with Gasteiger partial charge in [0, 0.05) is 29.4 Å². The Morgan fingerprint density at radius 2 is 2.15 bits per heavy atom. The van der Waals surface area contributed by atoms with Gasteiger partial charge in [-0.1, -0.05) is 17.7 Å². The lowest BCUT2D eigenvalue weighted by Crippen LogP contribution is -2.42. The highest BCUT2D eigenvalue weighted by atomic mass is 35.5. The Morgan fingerprint density at radius 1 is 1.30 bits per heavy atom. The molecule has 0 saturated carbocycles. The van der Waals surface area contributed by atoms with Crippen LogP contribution in [0.2, 0.25) is 5.02 Å². The molecule has 27 heavy (non-hydrogen) atoms. The summed E-state index contributed by atoms with van der Waals surface area (Å²) in [6, 6.07) is 8.06. The first-order valence-electron chi connectivity index (χ1n) is 9.02. The molecule has 4 rings (SSSR count). The number of aliphatic imine (C=N–C) groups is 1. The van der Waals surface area contributed by atoms with Gasteiger partial charge in [0.25, 0.3) is 6.02 Å². The summed E-state index contributed by atoms with van der Waals surface area (Å²) >= 11 is 6.10. The van der Waals surface area contributed by atoms with Crippen molar-refractivity contribution >= 4 is 17.6 Å². The van der Waals surface area contributed by atoms with Gasteiger partial charge in [0.1, 0.15) is 17.9 Å². The summed E-state index contributed by atoms with van der Waals surface area (Å²) in [6.07, 6.45) is 4.43. The van der Waals surface area contributed by atoms with Crippen molar-refractivity contribution in [2.24, 2.45) is 16.6 Å². The van der Waals surface area contributed by atoms with Crippen molar-refractivity contribution in [3.05, 3.63) is 47.2 Å². The summed E-state index contributed by atoms with van der Waals surface area (Å²) in [6.45, 7) is 2.67. The van der Waals surface area contributed by atoms with Gasteiger partial charge in [-0.2, -0.15) is 0 Å². The second-order valence-corrected chi connectivity index (χ2v) is 7.64. The molecule has 7 heteroatoms. The van der Waals surface area contributed by atoms with Crippen molar-refractivity contribution in [3.8, 4) is 16.9 Å². The molecule has 6 nitrogen and oxygen atoms in total. The van der Waals surface area contributed by atoms with Gasteiger partial charge in [-0.25, -0.2) is 4.99 Å². The number of aliphatic hydroxyl groups excluding tert-OH is 1. The molecule has 0 saturated heterocycles. The predicted octanol–water partition coefficient (Wildman–Crippen LogP) is 3.11. The highest BCUT2D eigenvalue weighted by Gasteiger charge is 2.49. The molecule has 142 valence electrons. The Hall–Kier alpha value is -2.31. The summed E-state index contributed by atoms with van der Waals surface area (Å²) in [5, 5.41) is 10.3. The second kappa shape index (κ2) is 7.02. The Morgan fingerprint density at radius 3 is 2.85 bits per heavy atom. The van der Waals surface area contributed by atoms with E-state index in [1.165, 1.54) is 0 Å². The SMILES string of the molecule is CC(O)CCC1COc2ccc(-c3cncc(Cl)c3)cc2[C@]12COC(N)=N2. The van der Waals surface area contributed by atoms with Crippen LogP contribution in [0.1, 0.15) is 25.3 Å². The van der Waals surface area contributed by atoms with Crippen LogP contribution < -0.4 is 10.5 Å². The number of pyridine rings is 1. The third-order valence-corrected chi connectivity index (χ3v) is 5.49. The topological polar surface area (TPSA) is 90.0 Å². The van der Waals surface area contributed by atoms with Gasteiger partial charge in [0.2, 0.25) is 0 Å². The summed E-state index contributed by atoms with van der Waals surface area (Å²) in [5.41, 5.74) is 8.13. The lowest BCUT2D eigenvalue weighted by molar-refractivity contribution is 0.0831. The summed E-state index contributed by atoms with van der Waals surface area (Å²) in [7, 11) is 0. The van der Waals surface area contributed by atoms with Gasteiger partial charge in [-0.15, -0.1) is 0 Å². The maximum Gasteiger partial charge on any atom is 0.283 e. The summed E-state index contributed by atoms with van der Waals surface area (Å²) < 4.78 is 11.6. The van der Waals surface area contributed by atoms with Crippen LogP contribution in [-0.4, -0.2) is 35.4 Å². The Labute approximate surface area is 163 Å². The van der Waals surface area contributed by atoms with E-state index in [9.17, 15) is 5.11 Å². The van der Waals surface area contributed by atoms with Crippen LogP contribution in [0.15, 0.2) is 41.7 Å². The molecule has 0 aliphatic carbocycles. The normalized spacial score (nSPS) is 24.7. The number of nitrogens with zero attached hydrogens (tertiary/aromatic N) is 2. The quantitative estimate of drug-likeness (QED) is 0.841. The minimum atomic E-state index is -0.603. The Bertz CT molecular complexity index is 887. The van der Waals surface area contributed by atoms with Crippen molar-refractivity contribution in [1.29, 1.82) is 0 Å². The fourth-order valence-corrected chi connectivity index (χ4v) is 4.02. The number of hydrogen-bond donors (Lipinski definition) is 2. The fraction of sp³-hybridized carbons (Fsp3) is 0.400. The molecule has 0 amide bonds. The van der Waals surface area contributed by atoms with Gasteiger partial charge >= 0.3 is 0 Å². The van der Waals surface area contributed by atoms with E-state index in [2.05, 4.69) is 11.1 Å². The molecular formula is C20H22ClN3O3. The van der Waals surface area contributed by atoms with E-state index in [1.54, 1.807) is 19.3 Å². The number of nitrogens with two attached hydrogens (primary N) is 1. The van der Waals surface area contributed by atoms with E-state index < -0.39 is 5.54 Å². The lowest BCUT2D eigenvalue weighted by Gasteiger charge is -2.39. The standard InChI is InChI=1S/C20H22ClN3O3/c1-12(25)2-4-15-10-26-18-5-3-13(14-6-16(21)9-23-8-14)7-17(18)20(15)11-27-19(22)24-20/h3,5-9,12,15,25H,2,4,10-11H2,1H3,(H2,22,24)/t12?,15?,20-/m0/s1. The summed E-state index contributed by atoms with van der Waals surface area (Å²) in [4.78, 5) is 8.88. The lowest BCUT2D eigenvalue weighted by atomic mass is 9.74. The maximum absolute atomic E-state index is 9.73. The zero-order chi connectivity index (χ0) is 19.0. The van der Waals surface area contributed by atoms with Crippen molar-refractivity contribution in [3.63, 3.8) is 0 Å². The number of hydrogen-bond acceptors (Lipinski definition) is 6. The van der Waals surface area contributed by atoms with Gasteiger partial charge in [-0.3, -0.25) is 4.98 Å². The van der Waals surface area contributed by atoms with Crippen LogP contribution >= 0.6 is 11.6 Å². The monoisotopic (exact) mass is 387 g/mol. The van der Waals surface area contributed by atoms with Crippen molar-refractivity contribution in [2.45, 2.75) is 31.4 Å². The largest absolute Gasteiger partial charge is 0.493 e. The molecule has 0 bridgehead atoms. The van der Waals surface area contributed by atoms with Crippen LogP contribution in [0.3, 0.4) is 0 Å². The van der Waals surface area contributed by atoms with Crippen LogP contribution in [0.5, 0.6) is 5.75 Å². The average molecular weight is 388 g/mol. The molecule has 0 radical (unpaired) electrons. The minimum Gasteiger partial charge on any atom is -0.493 e. The van der Waals surface area contributed by atoms with Crippen molar-refractivity contribution in [1.82, 2.24) is 4.98 Å². The van der Waals surface area contributed by atoms with Gasteiger partial charge < -0.3 is 20.3 Å². The molecule has 2 unspecified atom stereocenters. The highest BCUT2D eigenvalue weighted by molar-refractivity contribution is 6.30. The predicted molar refractivity (Wildman–Crippen MR) is 104 cm³/mol. The van der Waals surface area contributed by atoms with E-state index in [4.69, 9.17) is 31.8 Å². The highest BCUT2D eigenvalue weighted by Crippen LogP contribution is 2.48. The fourth-order valence-electron chi connectivity index (χ4n) is 3.85. The van der Waals surface area contributed by atoms with E-state index in [0.717, 1.165) is 28.9 Å². The number of aliphatic hydroxyl groups is 1. The minimum absolute atomic E-state index is 0.0633. The number of benzene rings is 1. The third kappa shape index (κ3) is 3.35. The second-order valence-electron chi connectivity index (χ2n) is 7.20. The van der Waals surface area contributed by atoms with E-state index in [0.29, 0.717) is 24.7 Å². The zero-order valence-corrected chi connectivity index (χ0v) is 15.8. The molecule has 2 aliphatic rings. The number of rotatable bonds is 4. The van der Waals surface area contributed by atoms with Crippen molar-refractivity contribution < 1.29 is 14.6 Å². The van der Waals surface area contributed by atoms with Crippen LogP contribution in [0.4, 0.5) is 0 Å². The molecule has 1 aromatic heterocycles. The first kappa shape index (κ1) is 18.1. The van der Waals surface area contributed by atoms with Crippen LogP contribution in [-0.2, 0) is 10.3 Å². The van der Waals surface area contributed by atoms with Crippen LogP contribution in [0.25, 0.3) is 11.1 Å². The van der Waals surface area contributed by atoms with E-state index >= 15 is 0 Å². The number of aromatic nitrogens is 1. The van der Waals surface area contributed by atoms with E-state index in [1.807, 2.05) is 18.2 Å². The third-order valence-electron chi connectivity index (χ3n) is 5.28. The molecule has 3 N–H and O–H groups in total. The van der Waals surface area contributed by atoms with Gasteiger partial charge in [0.15, 0.2) is 0 Å².